The van der Waals surface area contributed by atoms with Crippen molar-refractivity contribution in [3.8, 4) is 0 Å². The summed E-state index contributed by atoms with van der Waals surface area (Å²) < 4.78 is 4.63. The third-order valence-corrected chi connectivity index (χ3v) is 4.28. The largest absolute Gasteiger partial charge is 0.469 e. The quantitative estimate of drug-likeness (QED) is 0.508. The number of ether oxygens (including phenoxy) is 1. The van der Waals surface area contributed by atoms with Crippen molar-refractivity contribution in [2.75, 3.05) is 24.7 Å². The van der Waals surface area contributed by atoms with Gasteiger partial charge in [0.15, 0.2) is 5.12 Å². The Balaban J connectivity index is 3.14. The number of primary amides is 1. The van der Waals surface area contributed by atoms with E-state index in [-0.39, 0.29) is 23.3 Å². The number of anilines is 1. The van der Waals surface area contributed by atoms with Crippen LogP contribution in [0.5, 0.6) is 0 Å². The van der Waals surface area contributed by atoms with Gasteiger partial charge in [-0.25, -0.2) is 0 Å². The molecule has 0 atom stereocenters. The molecule has 0 saturated carbocycles. The molecule has 0 aliphatic heterocycles. The standard InChI is InChI=1S/C19H24N2O4S/c1-4-6-16-14(11-15(19(20)24)12-26-13(2)22)7-5-8-17(16)21-10-9-18(23)25-3/h4-8,11,21H,9-10,12H2,1-3H3,(H2,20,24)/b6-4-,15-11+. The van der Waals surface area contributed by atoms with Crippen molar-refractivity contribution in [3.05, 3.63) is 41.0 Å². The lowest BCUT2D eigenvalue weighted by Gasteiger charge is -2.13. The molecule has 6 nitrogen and oxygen atoms in total. The molecule has 0 spiro atoms. The molecule has 0 unspecified atom stereocenters. The van der Waals surface area contributed by atoms with Crippen molar-refractivity contribution in [3.63, 3.8) is 0 Å². The molecule has 1 aromatic rings. The number of esters is 1. The highest BCUT2D eigenvalue weighted by Crippen LogP contribution is 2.25. The normalized spacial score (nSPS) is 11.4. The highest BCUT2D eigenvalue weighted by Gasteiger charge is 2.11. The topological polar surface area (TPSA) is 98.5 Å². The molecule has 0 aliphatic carbocycles. The van der Waals surface area contributed by atoms with Crippen LogP contribution in [0.1, 0.15) is 31.4 Å². The average molecular weight is 376 g/mol. The number of methoxy groups -OCH3 is 1. The Labute approximate surface area is 157 Å². The lowest BCUT2D eigenvalue weighted by molar-refractivity contribution is -0.140. The Hall–Kier alpha value is -2.54. The van der Waals surface area contributed by atoms with Crippen LogP contribution >= 0.6 is 11.8 Å². The number of allylic oxidation sites excluding steroid dienone is 1. The fourth-order valence-electron chi connectivity index (χ4n) is 2.17. The maximum absolute atomic E-state index is 11.7. The predicted octanol–water partition coefficient (Wildman–Crippen LogP) is 2.84. The van der Waals surface area contributed by atoms with Crippen LogP contribution < -0.4 is 11.1 Å². The van der Waals surface area contributed by atoms with E-state index in [1.165, 1.54) is 14.0 Å². The summed E-state index contributed by atoms with van der Waals surface area (Å²) in [5, 5.41) is 3.12. The zero-order valence-corrected chi connectivity index (χ0v) is 16.0. The van der Waals surface area contributed by atoms with Crippen molar-refractivity contribution >= 4 is 46.6 Å². The van der Waals surface area contributed by atoms with Gasteiger partial charge in [-0.3, -0.25) is 14.4 Å². The van der Waals surface area contributed by atoms with Crippen molar-refractivity contribution in [1.82, 2.24) is 0 Å². The third kappa shape index (κ3) is 7.14. The van der Waals surface area contributed by atoms with E-state index < -0.39 is 5.91 Å². The minimum absolute atomic E-state index is 0.0796. The van der Waals surface area contributed by atoms with Crippen molar-refractivity contribution in [1.29, 1.82) is 0 Å². The SMILES string of the molecule is C/C=C\c1c(/C=C(\CSC(C)=O)C(N)=O)cccc1NCCC(=O)OC. The average Bonchev–Trinajstić information content (AvgIpc) is 2.60. The van der Waals surface area contributed by atoms with E-state index in [2.05, 4.69) is 10.1 Å². The van der Waals surface area contributed by atoms with E-state index in [1.54, 1.807) is 6.08 Å². The lowest BCUT2D eigenvalue weighted by atomic mass is 10.0. The molecule has 0 heterocycles. The molecule has 7 heteroatoms. The fourth-order valence-corrected chi connectivity index (χ4v) is 2.75. The number of carbonyl (C=O) groups excluding carboxylic acids is 3. The lowest BCUT2D eigenvalue weighted by Crippen LogP contribution is -2.16. The molecular weight excluding hydrogens is 352 g/mol. The van der Waals surface area contributed by atoms with Crippen molar-refractivity contribution < 1.29 is 19.1 Å². The molecule has 0 saturated heterocycles. The van der Waals surface area contributed by atoms with E-state index in [4.69, 9.17) is 5.73 Å². The summed E-state index contributed by atoms with van der Waals surface area (Å²) in [5.41, 5.74) is 8.29. The van der Waals surface area contributed by atoms with Gasteiger partial charge in [0.25, 0.3) is 0 Å². The molecule has 0 fully saturated rings. The van der Waals surface area contributed by atoms with Crippen LogP contribution in [-0.2, 0) is 19.1 Å². The highest BCUT2D eigenvalue weighted by molar-refractivity contribution is 8.13. The predicted molar refractivity (Wildman–Crippen MR) is 107 cm³/mol. The summed E-state index contributed by atoms with van der Waals surface area (Å²) in [6, 6.07) is 5.59. The van der Waals surface area contributed by atoms with Crippen LogP contribution in [-0.4, -0.2) is 36.4 Å². The first-order valence-corrected chi connectivity index (χ1v) is 9.07. The van der Waals surface area contributed by atoms with Gasteiger partial charge < -0.3 is 15.8 Å². The summed E-state index contributed by atoms with van der Waals surface area (Å²) in [6.45, 7) is 3.76. The fraction of sp³-hybridized carbons (Fsp3) is 0.316. The van der Waals surface area contributed by atoms with Gasteiger partial charge in [0.2, 0.25) is 5.91 Å². The second kappa shape index (κ2) is 11.1. The summed E-state index contributed by atoms with van der Waals surface area (Å²) in [4.78, 5) is 34.1. The molecule has 1 rings (SSSR count). The van der Waals surface area contributed by atoms with Crippen LogP contribution in [0.3, 0.4) is 0 Å². The number of rotatable bonds is 9. The van der Waals surface area contributed by atoms with Crippen LogP contribution in [0.4, 0.5) is 5.69 Å². The maximum Gasteiger partial charge on any atom is 0.307 e. The number of hydrogen-bond acceptors (Lipinski definition) is 6. The highest BCUT2D eigenvalue weighted by atomic mass is 32.2. The minimum Gasteiger partial charge on any atom is -0.469 e. The number of carbonyl (C=O) groups is 3. The van der Waals surface area contributed by atoms with Crippen LogP contribution in [0.2, 0.25) is 0 Å². The molecule has 1 amide bonds. The van der Waals surface area contributed by atoms with Crippen LogP contribution in [0.25, 0.3) is 12.2 Å². The molecule has 0 aliphatic rings. The molecule has 3 N–H and O–H groups in total. The van der Waals surface area contributed by atoms with E-state index >= 15 is 0 Å². The zero-order chi connectivity index (χ0) is 19.5. The van der Waals surface area contributed by atoms with E-state index in [9.17, 15) is 14.4 Å². The number of benzene rings is 1. The Morgan fingerprint density at radius 3 is 2.62 bits per heavy atom. The summed E-state index contributed by atoms with van der Waals surface area (Å²) >= 11 is 1.04. The maximum atomic E-state index is 11.7. The van der Waals surface area contributed by atoms with Crippen LogP contribution in [0.15, 0.2) is 29.8 Å². The summed E-state index contributed by atoms with van der Waals surface area (Å²) in [7, 11) is 1.35. The number of amides is 1. The van der Waals surface area contributed by atoms with Gasteiger partial charge in [-0.05, 0) is 24.6 Å². The van der Waals surface area contributed by atoms with Gasteiger partial charge >= 0.3 is 5.97 Å². The molecule has 0 aromatic heterocycles. The first-order chi connectivity index (χ1) is 12.4. The number of thioether (sulfide) groups is 1. The van der Waals surface area contributed by atoms with Gasteiger partial charge in [-0.1, -0.05) is 36.0 Å². The monoisotopic (exact) mass is 376 g/mol. The molecule has 0 bridgehead atoms. The minimum atomic E-state index is -0.561. The van der Waals surface area contributed by atoms with E-state index in [0.717, 1.165) is 28.6 Å². The smallest absolute Gasteiger partial charge is 0.307 e. The van der Waals surface area contributed by atoms with E-state index in [0.29, 0.717) is 12.1 Å². The Morgan fingerprint density at radius 2 is 2.04 bits per heavy atom. The first kappa shape index (κ1) is 21.5. The third-order valence-electron chi connectivity index (χ3n) is 3.42. The van der Waals surface area contributed by atoms with Gasteiger partial charge in [-0.15, -0.1) is 0 Å². The second-order valence-electron chi connectivity index (χ2n) is 5.38. The Morgan fingerprint density at radius 1 is 1.31 bits per heavy atom. The number of nitrogens with one attached hydrogen (secondary N) is 1. The van der Waals surface area contributed by atoms with Crippen LogP contribution in [0, 0.1) is 0 Å². The summed E-state index contributed by atoms with van der Waals surface area (Å²) in [5.74, 6) is -0.632. The van der Waals surface area contributed by atoms with Gasteiger partial charge in [0, 0.05) is 36.0 Å². The van der Waals surface area contributed by atoms with E-state index in [1.807, 2.05) is 37.3 Å². The molecule has 140 valence electrons. The molecule has 0 radical (unpaired) electrons. The molecule has 1 aromatic carbocycles. The van der Waals surface area contributed by atoms with Crippen molar-refractivity contribution in [2.45, 2.75) is 20.3 Å². The van der Waals surface area contributed by atoms with Gasteiger partial charge in [0.1, 0.15) is 0 Å². The molecule has 26 heavy (non-hydrogen) atoms. The Bertz CT molecular complexity index is 726. The number of nitrogens with two attached hydrogens (primary N) is 1. The van der Waals surface area contributed by atoms with Gasteiger partial charge in [-0.2, -0.15) is 0 Å². The molecular formula is C19H24N2O4S. The van der Waals surface area contributed by atoms with Crippen molar-refractivity contribution in [2.24, 2.45) is 5.73 Å². The Kier molecular flexibility index (Phi) is 9.22. The number of hydrogen-bond donors (Lipinski definition) is 2. The second-order valence-corrected chi connectivity index (χ2v) is 6.53. The first-order valence-electron chi connectivity index (χ1n) is 8.09. The van der Waals surface area contributed by atoms with Gasteiger partial charge in [0.05, 0.1) is 13.5 Å². The summed E-state index contributed by atoms with van der Waals surface area (Å²) in [6.07, 6.45) is 5.72. The zero-order valence-electron chi connectivity index (χ0n) is 15.2.